The molecule has 0 spiro atoms. The highest BCUT2D eigenvalue weighted by Crippen LogP contribution is 2.44. The molecule has 1 saturated carbocycles. The van der Waals surface area contributed by atoms with Gasteiger partial charge in [-0.2, -0.15) is 0 Å². The highest BCUT2D eigenvalue weighted by molar-refractivity contribution is 5.78. The third-order valence-electron chi connectivity index (χ3n) is 4.86. The average Bonchev–Trinajstić information content (AvgIpc) is 3.40. The molecule has 142 valence electrons. The number of carbonyl (C=O) groups excluding carboxylic acids is 1. The molecule has 1 aliphatic heterocycles. The number of carbonyl (C=O) groups is 1. The third-order valence-corrected chi connectivity index (χ3v) is 4.86. The molecule has 0 aromatic carbocycles. The standard InChI is InChI=1S/C20H30N4O2/c1-6-16(15-7-8-15)17-14(2)21-13-22-18(17)23-9-11-24(12-10-23)19(25)26-20(3,4)5/h6,13,15H,7-12H2,1-5H3/b16-6-. The first kappa shape index (κ1) is 18.7. The first-order valence-corrected chi connectivity index (χ1v) is 9.51. The van der Waals surface area contributed by atoms with E-state index in [1.165, 1.54) is 24.0 Å². The quantitative estimate of drug-likeness (QED) is 0.825. The lowest BCUT2D eigenvalue weighted by Crippen LogP contribution is -2.50. The van der Waals surface area contributed by atoms with E-state index < -0.39 is 5.60 Å². The van der Waals surface area contributed by atoms with Crippen LogP contribution < -0.4 is 4.90 Å². The van der Waals surface area contributed by atoms with Gasteiger partial charge in [0.05, 0.1) is 5.69 Å². The molecule has 6 heteroatoms. The zero-order chi connectivity index (χ0) is 18.9. The van der Waals surface area contributed by atoms with E-state index >= 15 is 0 Å². The molecule has 0 N–H and O–H groups in total. The van der Waals surface area contributed by atoms with E-state index in [1.807, 2.05) is 20.8 Å². The highest BCUT2D eigenvalue weighted by Gasteiger charge is 2.32. The zero-order valence-corrected chi connectivity index (χ0v) is 16.6. The van der Waals surface area contributed by atoms with Crippen molar-refractivity contribution in [3.8, 4) is 0 Å². The van der Waals surface area contributed by atoms with Crippen LogP contribution in [0.5, 0.6) is 0 Å². The van der Waals surface area contributed by atoms with Crippen molar-refractivity contribution in [3.63, 3.8) is 0 Å². The summed E-state index contributed by atoms with van der Waals surface area (Å²) < 4.78 is 5.49. The van der Waals surface area contributed by atoms with Crippen molar-refractivity contribution in [3.05, 3.63) is 23.7 Å². The van der Waals surface area contributed by atoms with Gasteiger partial charge in [-0.1, -0.05) is 6.08 Å². The van der Waals surface area contributed by atoms with Gasteiger partial charge in [0.1, 0.15) is 17.7 Å². The van der Waals surface area contributed by atoms with Gasteiger partial charge in [-0.3, -0.25) is 0 Å². The van der Waals surface area contributed by atoms with Crippen LogP contribution in [0.4, 0.5) is 10.6 Å². The SMILES string of the molecule is C/C=C(\c1c(C)ncnc1N1CCN(C(=O)OC(C)(C)C)CC1)C1CC1. The number of aryl methyl sites for hydroxylation is 1. The first-order valence-electron chi connectivity index (χ1n) is 9.51. The summed E-state index contributed by atoms with van der Waals surface area (Å²) in [5.41, 5.74) is 3.12. The summed E-state index contributed by atoms with van der Waals surface area (Å²) in [6, 6.07) is 0. The van der Waals surface area contributed by atoms with Crippen LogP contribution in [0.1, 0.15) is 51.8 Å². The predicted molar refractivity (Wildman–Crippen MR) is 103 cm³/mol. The van der Waals surface area contributed by atoms with Crippen molar-refractivity contribution in [2.24, 2.45) is 5.92 Å². The van der Waals surface area contributed by atoms with Crippen LogP contribution in [0.15, 0.2) is 12.4 Å². The minimum Gasteiger partial charge on any atom is -0.444 e. The maximum absolute atomic E-state index is 12.3. The topological polar surface area (TPSA) is 58.6 Å². The van der Waals surface area contributed by atoms with Gasteiger partial charge < -0.3 is 14.5 Å². The fourth-order valence-corrected chi connectivity index (χ4v) is 3.44. The second-order valence-electron chi connectivity index (χ2n) is 8.13. The van der Waals surface area contributed by atoms with Gasteiger partial charge in [0, 0.05) is 31.7 Å². The first-order chi connectivity index (χ1) is 12.3. The summed E-state index contributed by atoms with van der Waals surface area (Å²) in [7, 11) is 0. The Morgan fingerprint density at radius 3 is 2.38 bits per heavy atom. The normalized spacial score (nSPS) is 18.9. The van der Waals surface area contributed by atoms with Gasteiger partial charge in [0.2, 0.25) is 0 Å². The van der Waals surface area contributed by atoms with Crippen LogP contribution >= 0.6 is 0 Å². The van der Waals surface area contributed by atoms with E-state index in [9.17, 15) is 4.79 Å². The van der Waals surface area contributed by atoms with E-state index in [1.54, 1.807) is 11.2 Å². The molecule has 6 nitrogen and oxygen atoms in total. The molecule has 1 aliphatic carbocycles. The van der Waals surface area contributed by atoms with Gasteiger partial charge in [0.15, 0.2) is 0 Å². The summed E-state index contributed by atoms with van der Waals surface area (Å²) in [5.74, 6) is 1.65. The lowest BCUT2D eigenvalue weighted by Gasteiger charge is -2.37. The van der Waals surface area contributed by atoms with Crippen molar-refractivity contribution in [2.45, 2.75) is 53.1 Å². The number of amides is 1. The van der Waals surface area contributed by atoms with Crippen molar-refractivity contribution in [1.82, 2.24) is 14.9 Å². The summed E-state index contributed by atoms with van der Waals surface area (Å²) >= 11 is 0. The summed E-state index contributed by atoms with van der Waals surface area (Å²) in [6.07, 6.45) is 6.13. The number of nitrogens with zero attached hydrogens (tertiary/aromatic N) is 4. The van der Waals surface area contributed by atoms with Crippen LogP contribution in [0.25, 0.3) is 5.57 Å². The van der Waals surface area contributed by atoms with Crippen molar-refractivity contribution >= 4 is 17.5 Å². The van der Waals surface area contributed by atoms with E-state index in [4.69, 9.17) is 4.74 Å². The number of allylic oxidation sites excluding steroid dienone is 2. The lowest BCUT2D eigenvalue weighted by molar-refractivity contribution is 0.0240. The van der Waals surface area contributed by atoms with E-state index in [-0.39, 0.29) is 6.09 Å². The molecule has 1 saturated heterocycles. The molecule has 0 radical (unpaired) electrons. The van der Waals surface area contributed by atoms with Crippen molar-refractivity contribution in [2.75, 3.05) is 31.1 Å². The molecule has 1 aromatic heterocycles. The molecule has 2 aliphatic rings. The molecule has 26 heavy (non-hydrogen) atoms. The van der Waals surface area contributed by atoms with E-state index in [0.717, 1.165) is 24.6 Å². The Morgan fingerprint density at radius 1 is 1.19 bits per heavy atom. The summed E-state index contributed by atoms with van der Waals surface area (Å²) in [5, 5.41) is 0. The fraction of sp³-hybridized carbons (Fsp3) is 0.650. The Balaban J connectivity index is 1.74. The molecular weight excluding hydrogens is 328 g/mol. The maximum Gasteiger partial charge on any atom is 0.410 e. The van der Waals surface area contributed by atoms with Crippen LogP contribution in [-0.4, -0.2) is 52.7 Å². The average molecular weight is 358 g/mol. The number of ether oxygens (including phenoxy) is 1. The van der Waals surface area contributed by atoms with Gasteiger partial charge in [-0.15, -0.1) is 0 Å². The molecule has 0 atom stereocenters. The minimum absolute atomic E-state index is 0.233. The number of piperazine rings is 1. The Hall–Kier alpha value is -2.11. The van der Waals surface area contributed by atoms with Gasteiger partial charge in [-0.25, -0.2) is 14.8 Å². The van der Waals surface area contributed by atoms with Crippen LogP contribution in [0, 0.1) is 12.8 Å². The number of hydrogen-bond acceptors (Lipinski definition) is 5. The number of hydrogen-bond donors (Lipinski definition) is 0. The maximum atomic E-state index is 12.3. The summed E-state index contributed by atoms with van der Waals surface area (Å²) in [4.78, 5) is 25.4. The molecule has 0 unspecified atom stereocenters. The van der Waals surface area contributed by atoms with E-state index in [0.29, 0.717) is 19.0 Å². The molecular formula is C20H30N4O2. The molecule has 3 rings (SSSR count). The fourth-order valence-electron chi connectivity index (χ4n) is 3.44. The monoisotopic (exact) mass is 358 g/mol. The molecule has 1 amide bonds. The number of aromatic nitrogens is 2. The molecule has 2 fully saturated rings. The summed E-state index contributed by atoms with van der Waals surface area (Å²) in [6.45, 7) is 12.6. The predicted octanol–water partition coefficient (Wildman–Crippen LogP) is 3.66. The minimum atomic E-state index is -0.462. The smallest absolute Gasteiger partial charge is 0.410 e. The second-order valence-corrected chi connectivity index (χ2v) is 8.13. The number of anilines is 1. The van der Waals surface area contributed by atoms with Crippen molar-refractivity contribution < 1.29 is 9.53 Å². The van der Waals surface area contributed by atoms with Gasteiger partial charge in [-0.05, 0) is 59.0 Å². The Kier molecular flexibility index (Phi) is 5.21. The van der Waals surface area contributed by atoms with E-state index in [2.05, 4.69) is 34.8 Å². The van der Waals surface area contributed by atoms with Gasteiger partial charge in [0.25, 0.3) is 0 Å². The van der Waals surface area contributed by atoms with Crippen molar-refractivity contribution in [1.29, 1.82) is 0 Å². The van der Waals surface area contributed by atoms with Crippen LogP contribution in [-0.2, 0) is 4.74 Å². The second kappa shape index (κ2) is 7.25. The Labute approximate surface area is 156 Å². The molecule has 1 aromatic rings. The van der Waals surface area contributed by atoms with Crippen LogP contribution in [0.2, 0.25) is 0 Å². The Bertz CT molecular complexity index is 696. The largest absolute Gasteiger partial charge is 0.444 e. The number of rotatable bonds is 3. The highest BCUT2D eigenvalue weighted by atomic mass is 16.6. The van der Waals surface area contributed by atoms with Gasteiger partial charge >= 0.3 is 6.09 Å². The zero-order valence-electron chi connectivity index (χ0n) is 16.6. The third kappa shape index (κ3) is 4.17. The van der Waals surface area contributed by atoms with Crippen LogP contribution in [0.3, 0.4) is 0 Å². The molecule has 2 heterocycles. The Morgan fingerprint density at radius 2 is 1.85 bits per heavy atom. The molecule has 0 bridgehead atoms. The lowest BCUT2D eigenvalue weighted by atomic mass is 9.99.